The lowest BCUT2D eigenvalue weighted by Gasteiger charge is -2.11. The Bertz CT molecular complexity index is 810. The molecule has 0 aliphatic carbocycles. The maximum Gasteiger partial charge on any atom is 0.224 e. The SMILES string of the molecule is COc1cc(Nc2nc(Cl)nc3ccccc23)ccc1Br. The number of anilines is 2. The van der Waals surface area contributed by atoms with Crippen LogP contribution in [0.2, 0.25) is 5.28 Å². The Morgan fingerprint density at radius 2 is 1.95 bits per heavy atom. The van der Waals surface area contributed by atoms with E-state index in [1.54, 1.807) is 7.11 Å². The average Bonchev–Trinajstić information content (AvgIpc) is 2.49. The van der Waals surface area contributed by atoms with Gasteiger partial charge in [0.15, 0.2) is 0 Å². The van der Waals surface area contributed by atoms with Gasteiger partial charge in [-0.05, 0) is 51.8 Å². The first kappa shape index (κ1) is 14.1. The van der Waals surface area contributed by atoms with Crippen LogP contribution in [0, 0.1) is 0 Å². The van der Waals surface area contributed by atoms with Crippen molar-refractivity contribution in [2.45, 2.75) is 0 Å². The Morgan fingerprint density at radius 3 is 2.76 bits per heavy atom. The molecule has 2 aromatic carbocycles. The standard InChI is InChI=1S/C15H11BrClN3O/c1-21-13-8-9(6-7-11(13)16)18-14-10-4-2-3-5-12(10)19-15(17)20-14/h2-8H,1H3,(H,18,19,20). The van der Waals surface area contributed by atoms with Crippen LogP contribution in [0.15, 0.2) is 46.9 Å². The van der Waals surface area contributed by atoms with E-state index in [1.807, 2.05) is 42.5 Å². The van der Waals surface area contributed by atoms with Gasteiger partial charge in [-0.3, -0.25) is 0 Å². The minimum atomic E-state index is 0.209. The van der Waals surface area contributed by atoms with E-state index in [9.17, 15) is 0 Å². The summed E-state index contributed by atoms with van der Waals surface area (Å²) in [6, 6.07) is 13.4. The molecule has 0 radical (unpaired) electrons. The third kappa shape index (κ3) is 2.94. The van der Waals surface area contributed by atoms with Crippen molar-refractivity contribution >= 4 is 49.9 Å². The second kappa shape index (κ2) is 5.87. The Balaban J connectivity index is 2.05. The van der Waals surface area contributed by atoms with Crippen molar-refractivity contribution in [1.29, 1.82) is 0 Å². The smallest absolute Gasteiger partial charge is 0.224 e. The largest absolute Gasteiger partial charge is 0.495 e. The molecule has 21 heavy (non-hydrogen) atoms. The van der Waals surface area contributed by atoms with Crippen molar-refractivity contribution in [1.82, 2.24) is 9.97 Å². The van der Waals surface area contributed by atoms with Gasteiger partial charge < -0.3 is 10.1 Å². The van der Waals surface area contributed by atoms with Crippen molar-refractivity contribution in [3.8, 4) is 5.75 Å². The van der Waals surface area contributed by atoms with Crippen LogP contribution in [0.25, 0.3) is 10.9 Å². The number of hydrogen-bond donors (Lipinski definition) is 1. The third-order valence-electron chi connectivity index (χ3n) is 2.99. The average molecular weight is 365 g/mol. The minimum absolute atomic E-state index is 0.209. The fourth-order valence-corrected chi connectivity index (χ4v) is 2.60. The summed E-state index contributed by atoms with van der Waals surface area (Å²) in [4.78, 5) is 8.47. The zero-order valence-electron chi connectivity index (χ0n) is 11.1. The van der Waals surface area contributed by atoms with Crippen LogP contribution < -0.4 is 10.1 Å². The monoisotopic (exact) mass is 363 g/mol. The molecule has 0 spiro atoms. The number of nitrogens with one attached hydrogen (secondary N) is 1. The van der Waals surface area contributed by atoms with Crippen LogP contribution in [0.3, 0.4) is 0 Å². The number of benzene rings is 2. The molecule has 6 heteroatoms. The first-order chi connectivity index (χ1) is 10.2. The van der Waals surface area contributed by atoms with Gasteiger partial charge in [0.05, 0.1) is 17.1 Å². The predicted octanol–water partition coefficient (Wildman–Crippen LogP) is 4.80. The minimum Gasteiger partial charge on any atom is -0.495 e. The van der Waals surface area contributed by atoms with Crippen LogP contribution >= 0.6 is 27.5 Å². The number of para-hydroxylation sites is 1. The van der Waals surface area contributed by atoms with Gasteiger partial charge in [0.25, 0.3) is 0 Å². The molecule has 3 rings (SSSR count). The highest BCUT2D eigenvalue weighted by Gasteiger charge is 2.08. The van der Waals surface area contributed by atoms with Gasteiger partial charge in [-0.25, -0.2) is 4.98 Å². The zero-order valence-corrected chi connectivity index (χ0v) is 13.4. The summed E-state index contributed by atoms with van der Waals surface area (Å²) < 4.78 is 6.18. The lowest BCUT2D eigenvalue weighted by atomic mass is 10.2. The van der Waals surface area contributed by atoms with E-state index in [4.69, 9.17) is 16.3 Å². The number of rotatable bonds is 3. The zero-order chi connectivity index (χ0) is 14.8. The first-order valence-electron chi connectivity index (χ1n) is 6.20. The number of halogens is 2. The molecule has 0 bridgehead atoms. The van der Waals surface area contributed by atoms with Crippen LogP contribution in [0.4, 0.5) is 11.5 Å². The van der Waals surface area contributed by atoms with Crippen LogP contribution in [0.5, 0.6) is 5.75 Å². The molecule has 1 heterocycles. The topological polar surface area (TPSA) is 47.0 Å². The number of aromatic nitrogens is 2. The van der Waals surface area contributed by atoms with Crippen molar-refractivity contribution < 1.29 is 4.74 Å². The molecule has 1 aromatic heterocycles. The lowest BCUT2D eigenvalue weighted by Crippen LogP contribution is -1.97. The molecule has 0 aliphatic rings. The van der Waals surface area contributed by atoms with Gasteiger partial charge in [-0.2, -0.15) is 4.98 Å². The van der Waals surface area contributed by atoms with E-state index in [0.717, 1.165) is 26.8 Å². The second-order valence-electron chi connectivity index (χ2n) is 4.33. The fraction of sp³-hybridized carbons (Fsp3) is 0.0667. The number of nitrogens with zero attached hydrogens (tertiary/aromatic N) is 2. The number of fused-ring (bicyclic) bond motifs is 1. The van der Waals surface area contributed by atoms with Gasteiger partial charge >= 0.3 is 0 Å². The molecule has 3 aromatic rings. The molecule has 4 nitrogen and oxygen atoms in total. The van der Waals surface area contributed by atoms with Crippen LogP contribution in [0.1, 0.15) is 0 Å². The van der Waals surface area contributed by atoms with Gasteiger partial charge in [-0.1, -0.05) is 12.1 Å². The Kier molecular flexibility index (Phi) is 3.94. The molecule has 0 amide bonds. The first-order valence-corrected chi connectivity index (χ1v) is 7.37. The third-order valence-corrected chi connectivity index (χ3v) is 3.81. The normalized spacial score (nSPS) is 10.6. The lowest BCUT2D eigenvalue weighted by molar-refractivity contribution is 0.412. The van der Waals surface area contributed by atoms with E-state index in [2.05, 4.69) is 31.2 Å². The van der Waals surface area contributed by atoms with Crippen molar-refractivity contribution in [3.63, 3.8) is 0 Å². The molecule has 1 N–H and O–H groups in total. The fourth-order valence-electron chi connectivity index (χ4n) is 2.02. The van der Waals surface area contributed by atoms with Gasteiger partial charge in [0, 0.05) is 17.1 Å². The maximum absolute atomic E-state index is 5.98. The van der Waals surface area contributed by atoms with E-state index in [-0.39, 0.29) is 5.28 Å². The summed E-state index contributed by atoms with van der Waals surface area (Å²) in [6.45, 7) is 0. The number of hydrogen-bond acceptors (Lipinski definition) is 4. The summed E-state index contributed by atoms with van der Waals surface area (Å²) >= 11 is 9.41. The summed E-state index contributed by atoms with van der Waals surface area (Å²) in [6.07, 6.45) is 0. The van der Waals surface area contributed by atoms with E-state index in [1.165, 1.54) is 0 Å². The summed E-state index contributed by atoms with van der Waals surface area (Å²) in [5.41, 5.74) is 1.65. The number of methoxy groups -OCH3 is 1. The summed E-state index contributed by atoms with van der Waals surface area (Å²) in [5.74, 6) is 1.40. The quantitative estimate of drug-likeness (QED) is 0.678. The Hall–Kier alpha value is -1.85. The van der Waals surface area contributed by atoms with E-state index in [0.29, 0.717) is 5.82 Å². The molecule has 0 saturated carbocycles. The molecule has 106 valence electrons. The highest BCUT2D eigenvalue weighted by atomic mass is 79.9. The highest BCUT2D eigenvalue weighted by Crippen LogP contribution is 2.31. The van der Waals surface area contributed by atoms with E-state index < -0.39 is 0 Å². The second-order valence-corrected chi connectivity index (χ2v) is 5.53. The molecular formula is C15H11BrClN3O. The Morgan fingerprint density at radius 1 is 1.14 bits per heavy atom. The van der Waals surface area contributed by atoms with Crippen molar-refractivity contribution in [2.24, 2.45) is 0 Å². The van der Waals surface area contributed by atoms with E-state index >= 15 is 0 Å². The number of ether oxygens (including phenoxy) is 1. The van der Waals surface area contributed by atoms with Crippen molar-refractivity contribution in [2.75, 3.05) is 12.4 Å². The molecule has 0 saturated heterocycles. The molecule has 0 aliphatic heterocycles. The van der Waals surface area contributed by atoms with Gasteiger partial charge in [0.2, 0.25) is 5.28 Å². The predicted molar refractivity (Wildman–Crippen MR) is 88.5 cm³/mol. The highest BCUT2D eigenvalue weighted by molar-refractivity contribution is 9.10. The Labute approximate surface area is 135 Å². The molecular weight excluding hydrogens is 354 g/mol. The van der Waals surface area contributed by atoms with Crippen molar-refractivity contribution in [3.05, 3.63) is 52.2 Å². The molecule has 0 fully saturated rings. The van der Waals surface area contributed by atoms with Crippen LogP contribution in [-0.2, 0) is 0 Å². The summed E-state index contributed by atoms with van der Waals surface area (Å²) in [7, 11) is 1.63. The van der Waals surface area contributed by atoms with Gasteiger partial charge in [0.1, 0.15) is 11.6 Å². The van der Waals surface area contributed by atoms with Gasteiger partial charge in [-0.15, -0.1) is 0 Å². The van der Waals surface area contributed by atoms with Crippen LogP contribution in [-0.4, -0.2) is 17.1 Å². The summed E-state index contributed by atoms with van der Waals surface area (Å²) in [5, 5.41) is 4.37. The maximum atomic E-state index is 5.98. The molecule has 0 unspecified atom stereocenters. The molecule has 0 atom stereocenters.